The summed E-state index contributed by atoms with van der Waals surface area (Å²) in [4.78, 5) is 13.8. The summed E-state index contributed by atoms with van der Waals surface area (Å²) >= 11 is 0. The molecule has 1 fully saturated rings. The molecule has 106 valence electrons. The van der Waals surface area contributed by atoms with Crippen LogP contribution in [0.3, 0.4) is 0 Å². The van der Waals surface area contributed by atoms with Crippen LogP contribution >= 0.6 is 0 Å². The van der Waals surface area contributed by atoms with Crippen molar-refractivity contribution in [3.63, 3.8) is 0 Å². The Bertz CT molecular complexity index is 442. The number of hydrogen-bond donors (Lipinski definition) is 1. The van der Waals surface area contributed by atoms with Crippen LogP contribution in [0.15, 0.2) is 6.33 Å². The molecular weight excluding hydrogens is 244 g/mol. The smallest absolute Gasteiger partial charge is 0.310 e. The molecule has 1 aliphatic rings. The van der Waals surface area contributed by atoms with Gasteiger partial charge >= 0.3 is 5.97 Å². The van der Waals surface area contributed by atoms with Crippen molar-refractivity contribution in [2.24, 2.45) is 12.5 Å². The van der Waals surface area contributed by atoms with Gasteiger partial charge in [0.05, 0.1) is 12.0 Å². The minimum atomic E-state index is -0.656. The average Bonchev–Trinajstić information content (AvgIpc) is 2.76. The summed E-state index contributed by atoms with van der Waals surface area (Å²) in [6.45, 7) is 4.27. The number of rotatable bonds is 5. The molecule has 1 N–H and O–H groups in total. The van der Waals surface area contributed by atoms with Crippen LogP contribution in [0.25, 0.3) is 0 Å². The number of piperidine rings is 1. The lowest BCUT2D eigenvalue weighted by atomic mass is 9.76. The molecule has 1 saturated heterocycles. The first-order chi connectivity index (χ1) is 9.07. The molecule has 19 heavy (non-hydrogen) atoms. The van der Waals surface area contributed by atoms with E-state index in [9.17, 15) is 9.90 Å². The van der Waals surface area contributed by atoms with Crippen LogP contribution in [-0.2, 0) is 18.4 Å². The van der Waals surface area contributed by atoms with Gasteiger partial charge in [-0.15, -0.1) is 10.2 Å². The number of carbonyl (C=O) groups is 1. The highest BCUT2D eigenvalue weighted by Gasteiger charge is 2.41. The van der Waals surface area contributed by atoms with E-state index in [2.05, 4.69) is 15.1 Å². The van der Waals surface area contributed by atoms with Gasteiger partial charge in [-0.05, 0) is 25.8 Å². The molecule has 0 spiro atoms. The van der Waals surface area contributed by atoms with Crippen molar-refractivity contribution in [2.45, 2.75) is 39.2 Å². The van der Waals surface area contributed by atoms with E-state index in [-0.39, 0.29) is 0 Å². The third kappa shape index (κ3) is 2.94. The summed E-state index contributed by atoms with van der Waals surface area (Å²) in [6, 6.07) is 0. The van der Waals surface area contributed by atoms with Crippen LogP contribution in [0.1, 0.15) is 38.4 Å². The SMILES string of the molecule is CCCC1(C(=O)O)CCCN(Cc2nncn2C)C1. The van der Waals surface area contributed by atoms with E-state index in [4.69, 9.17) is 0 Å². The second-order valence-electron chi connectivity index (χ2n) is 5.51. The fourth-order valence-corrected chi connectivity index (χ4v) is 2.98. The lowest BCUT2D eigenvalue weighted by Crippen LogP contribution is -2.47. The number of likely N-dealkylation sites (tertiary alicyclic amines) is 1. The first-order valence-electron chi connectivity index (χ1n) is 6.86. The van der Waals surface area contributed by atoms with Crippen molar-refractivity contribution < 1.29 is 9.90 Å². The molecule has 0 saturated carbocycles. The maximum absolute atomic E-state index is 11.6. The van der Waals surface area contributed by atoms with Gasteiger partial charge in [0.2, 0.25) is 0 Å². The Morgan fingerprint density at radius 1 is 1.58 bits per heavy atom. The van der Waals surface area contributed by atoms with Crippen molar-refractivity contribution in [1.82, 2.24) is 19.7 Å². The summed E-state index contributed by atoms with van der Waals surface area (Å²) in [6.07, 6.45) is 5.05. The third-order valence-electron chi connectivity index (χ3n) is 4.01. The molecule has 0 aliphatic carbocycles. The molecule has 0 amide bonds. The van der Waals surface area contributed by atoms with Gasteiger partial charge in [0.15, 0.2) is 0 Å². The molecule has 0 radical (unpaired) electrons. The number of carboxylic acid groups (broad SMARTS) is 1. The Morgan fingerprint density at radius 3 is 2.95 bits per heavy atom. The van der Waals surface area contributed by atoms with Gasteiger partial charge < -0.3 is 9.67 Å². The Balaban J connectivity index is 2.07. The van der Waals surface area contributed by atoms with Gasteiger partial charge in [0.25, 0.3) is 0 Å². The Labute approximate surface area is 113 Å². The van der Waals surface area contributed by atoms with Crippen LogP contribution in [0, 0.1) is 5.41 Å². The minimum Gasteiger partial charge on any atom is -0.481 e. The molecule has 6 heteroatoms. The molecule has 1 aromatic heterocycles. The number of aryl methyl sites for hydroxylation is 1. The third-order valence-corrected chi connectivity index (χ3v) is 4.01. The summed E-state index contributed by atoms with van der Waals surface area (Å²) in [5.41, 5.74) is -0.578. The highest BCUT2D eigenvalue weighted by Crippen LogP contribution is 2.35. The highest BCUT2D eigenvalue weighted by atomic mass is 16.4. The highest BCUT2D eigenvalue weighted by molar-refractivity contribution is 5.75. The normalized spacial score (nSPS) is 24.5. The molecule has 0 bridgehead atoms. The van der Waals surface area contributed by atoms with Gasteiger partial charge in [-0.2, -0.15) is 0 Å². The van der Waals surface area contributed by atoms with Gasteiger partial charge in [-0.3, -0.25) is 9.69 Å². The van der Waals surface area contributed by atoms with Crippen molar-refractivity contribution >= 4 is 5.97 Å². The largest absolute Gasteiger partial charge is 0.481 e. The molecule has 2 rings (SSSR count). The standard InChI is InChI=1S/C13H22N4O2/c1-3-5-13(12(18)19)6-4-7-17(9-13)8-11-15-14-10-16(11)2/h10H,3-9H2,1-2H3,(H,18,19). The van der Waals surface area contributed by atoms with Crippen molar-refractivity contribution in [1.29, 1.82) is 0 Å². The molecule has 2 heterocycles. The second kappa shape index (κ2) is 5.69. The van der Waals surface area contributed by atoms with Crippen molar-refractivity contribution in [3.8, 4) is 0 Å². The van der Waals surface area contributed by atoms with Crippen LogP contribution in [-0.4, -0.2) is 43.8 Å². The number of hydrogen-bond acceptors (Lipinski definition) is 4. The number of aromatic nitrogens is 3. The quantitative estimate of drug-likeness (QED) is 0.869. The second-order valence-corrected chi connectivity index (χ2v) is 5.51. The van der Waals surface area contributed by atoms with Gasteiger partial charge in [-0.25, -0.2) is 0 Å². The molecular formula is C13H22N4O2. The maximum Gasteiger partial charge on any atom is 0.310 e. The summed E-state index contributed by atoms with van der Waals surface area (Å²) in [7, 11) is 1.91. The Morgan fingerprint density at radius 2 is 2.37 bits per heavy atom. The Kier molecular flexibility index (Phi) is 4.19. The van der Waals surface area contributed by atoms with Gasteiger partial charge in [-0.1, -0.05) is 13.3 Å². The lowest BCUT2D eigenvalue weighted by molar-refractivity contribution is -0.153. The zero-order valence-electron chi connectivity index (χ0n) is 11.7. The maximum atomic E-state index is 11.6. The molecule has 6 nitrogen and oxygen atoms in total. The predicted octanol–water partition coefficient (Wildman–Crippen LogP) is 1.28. The van der Waals surface area contributed by atoms with Gasteiger partial charge in [0.1, 0.15) is 12.2 Å². The van der Waals surface area contributed by atoms with Crippen LogP contribution in [0.5, 0.6) is 0 Å². The lowest BCUT2D eigenvalue weighted by Gasteiger charge is -2.39. The molecule has 1 aromatic rings. The monoisotopic (exact) mass is 266 g/mol. The van der Waals surface area contributed by atoms with Crippen LogP contribution < -0.4 is 0 Å². The van der Waals surface area contributed by atoms with E-state index >= 15 is 0 Å². The fourth-order valence-electron chi connectivity index (χ4n) is 2.98. The first-order valence-corrected chi connectivity index (χ1v) is 6.86. The predicted molar refractivity (Wildman–Crippen MR) is 70.5 cm³/mol. The fraction of sp³-hybridized carbons (Fsp3) is 0.769. The van der Waals surface area contributed by atoms with E-state index in [0.717, 1.165) is 38.1 Å². The average molecular weight is 266 g/mol. The molecule has 1 unspecified atom stereocenters. The summed E-state index contributed by atoms with van der Waals surface area (Å²) in [5.74, 6) is 0.231. The van der Waals surface area contributed by atoms with Crippen LogP contribution in [0.4, 0.5) is 0 Å². The van der Waals surface area contributed by atoms with E-state index < -0.39 is 11.4 Å². The molecule has 0 aromatic carbocycles. The van der Waals surface area contributed by atoms with Gasteiger partial charge in [0, 0.05) is 13.6 Å². The molecule has 1 atom stereocenters. The zero-order valence-corrected chi connectivity index (χ0v) is 11.7. The zero-order chi connectivity index (χ0) is 13.9. The number of nitrogens with zero attached hydrogens (tertiary/aromatic N) is 4. The molecule has 1 aliphatic heterocycles. The first kappa shape index (κ1) is 14.0. The van der Waals surface area contributed by atoms with E-state index in [1.54, 1.807) is 6.33 Å². The minimum absolute atomic E-state index is 0.578. The van der Waals surface area contributed by atoms with E-state index in [1.807, 2.05) is 18.5 Å². The van der Waals surface area contributed by atoms with Crippen molar-refractivity contribution in [3.05, 3.63) is 12.2 Å². The summed E-state index contributed by atoms with van der Waals surface area (Å²) < 4.78 is 1.89. The van der Waals surface area contributed by atoms with Crippen molar-refractivity contribution in [2.75, 3.05) is 13.1 Å². The number of carboxylic acids is 1. The van der Waals surface area contributed by atoms with E-state index in [0.29, 0.717) is 13.1 Å². The van der Waals surface area contributed by atoms with E-state index in [1.165, 1.54) is 0 Å². The Hall–Kier alpha value is -1.43. The number of aliphatic carboxylic acids is 1. The summed E-state index contributed by atoms with van der Waals surface area (Å²) in [5, 5.41) is 17.5. The van der Waals surface area contributed by atoms with Crippen LogP contribution in [0.2, 0.25) is 0 Å². The topological polar surface area (TPSA) is 71.2 Å².